The van der Waals surface area contributed by atoms with Crippen molar-refractivity contribution in [1.29, 1.82) is 0 Å². The van der Waals surface area contributed by atoms with Gasteiger partial charge >= 0.3 is 0 Å². The summed E-state index contributed by atoms with van der Waals surface area (Å²) in [6, 6.07) is 8.42. The van der Waals surface area contributed by atoms with Gasteiger partial charge in [0.15, 0.2) is 6.23 Å². The van der Waals surface area contributed by atoms with E-state index in [1.807, 2.05) is 0 Å². The topological polar surface area (TPSA) is 85.6 Å². The zero-order chi connectivity index (χ0) is 22.1. The summed E-state index contributed by atoms with van der Waals surface area (Å²) in [6.45, 7) is 3.72. The minimum atomic E-state index is -1.27. The summed E-state index contributed by atoms with van der Waals surface area (Å²) in [4.78, 5) is 7.53. The van der Waals surface area contributed by atoms with E-state index >= 15 is 0 Å². The number of unbranched alkanes of at least 4 members (excludes halogenated alkanes) is 1. The van der Waals surface area contributed by atoms with Gasteiger partial charge in [-0.15, -0.1) is 23.2 Å². The van der Waals surface area contributed by atoms with Crippen molar-refractivity contribution in [3.63, 3.8) is 0 Å². The predicted octanol–water partition coefficient (Wildman–Crippen LogP) is 1.98. The predicted molar refractivity (Wildman–Crippen MR) is 119 cm³/mol. The molecule has 0 spiro atoms. The van der Waals surface area contributed by atoms with Gasteiger partial charge in [0.2, 0.25) is 0 Å². The number of aliphatic hydroxyl groups is 3. The van der Waals surface area contributed by atoms with Crippen LogP contribution in [0.15, 0.2) is 24.3 Å². The Hall–Kier alpha value is -0.640. The quantitative estimate of drug-likeness (QED) is 0.247. The molecule has 9 heteroatoms. The fraction of sp³-hybridized carbons (Fsp3) is 0.714. The molecule has 1 unspecified atom stereocenters. The van der Waals surface area contributed by atoms with Gasteiger partial charge < -0.3 is 25.0 Å². The number of benzene rings is 1. The van der Waals surface area contributed by atoms with Crippen LogP contribution in [0.25, 0.3) is 0 Å². The standard InChI is InChI=1S/C21H34Cl2N2O5/c1-15-18(26)19(27)20(28)21(30-15)25(29-2)12-4-3-5-16-6-8-17(9-7-16)24(13-10-22)14-11-23/h6-9,15,18-21,26-28H,3-5,10-14H2,1-2H3/t15-,18-,19+,20+,21?/m0/s1. The van der Waals surface area contributed by atoms with Crippen LogP contribution < -0.4 is 4.90 Å². The van der Waals surface area contributed by atoms with E-state index in [-0.39, 0.29) is 0 Å². The molecule has 1 saturated heterocycles. The molecule has 7 nitrogen and oxygen atoms in total. The van der Waals surface area contributed by atoms with Crippen molar-refractivity contribution in [2.24, 2.45) is 0 Å². The second-order valence-corrected chi connectivity index (χ2v) is 8.27. The molecule has 0 bridgehead atoms. The number of rotatable bonds is 12. The highest BCUT2D eigenvalue weighted by atomic mass is 35.5. The Morgan fingerprint density at radius 3 is 2.13 bits per heavy atom. The third-order valence-electron chi connectivity index (χ3n) is 5.45. The first-order valence-electron chi connectivity index (χ1n) is 10.4. The lowest BCUT2D eigenvalue weighted by Crippen LogP contribution is -2.61. The van der Waals surface area contributed by atoms with E-state index in [1.54, 1.807) is 6.92 Å². The fourth-order valence-electron chi connectivity index (χ4n) is 3.63. The van der Waals surface area contributed by atoms with Gasteiger partial charge in [0, 0.05) is 37.1 Å². The number of halogens is 2. The number of hydrogen-bond donors (Lipinski definition) is 3. The van der Waals surface area contributed by atoms with Crippen LogP contribution in [0.3, 0.4) is 0 Å². The molecule has 30 heavy (non-hydrogen) atoms. The number of aliphatic hydroxyl groups excluding tert-OH is 3. The SMILES string of the molecule is CON(CCCCc1ccc(N(CCCl)CCCl)cc1)C1O[C@@H](C)[C@H](O)[C@@H](O)[C@H]1O. The third-order valence-corrected chi connectivity index (χ3v) is 5.79. The van der Waals surface area contributed by atoms with Crippen LogP contribution in [0.5, 0.6) is 0 Å². The molecule has 1 aliphatic rings. The van der Waals surface area contributed by atoms with Crippen molar-refractivity contribution in [1.82, 2.24) is 5.06 Å². The first-order chi connectivity index (χ1) is 14.4. The maximum atomic E-state index is 10.2. The van der Waals surface area contributed by atoms with Crippen molar-refractivity contribution in [2.75, 3.05) is 43.4 Å². The summed E-state index contributed by atoms with van der Waals surface area (Å²) >= 11 is 11.7. The zero-order valence-corrected chi connectivity index (χ0v) is 19.2. The van der Waals surface area contributed by atoms with Crippen molar-refractivity contribution in [3.8, 4) is 0 Å². The highest BCUT2D eigenvalue weighted by molar-refractivity contribution is 6.18. The first kappa shape index (κ1) is 25.6. The Balaban J connectivity index is 1.82. The molecular formula is C21H34Cl2N2O5. The molecule has 1 aliphatic heterocycles. The number of hydroxylamine groups is 2. The molecule has 0 amide bonds. The summed E-state index contributed by atoms with van der Waals surface area (Å²) in [6.07, 6.45) is -2.40. The number of nitrogens with zero attached hydrogens (tertiary/aromatic N) is 2. The van der Waals surface area contributed by atoms with Crippen LogP contribution in [0.2, 0.25) is 0 Å². The molecular weight excluding hydrogens is 431 g/mol. The number of alkyl halides is 2. The van der Waals surface area contributed by atoms with Crippen LogP contribution in [0, 0.1) is 0 Å². The van der Waals surface area contributed by atoms with E-state index < -0.39 is 30.6 Å². The van der Waals surface area contributed by atoms with Crippen LogP contribution in [0.4, 0.5) is 5.69 Å². The second kappa shape index (κ2) is 13.0. The Kier molecular flexibility index (Phi) is 11.1. The summed E-state index contributed by atoms with van der Waals surface area (Å²) in [5, 5.41) is 31.6. The monoisotopic (exact) mass is 464 g/mol. The highest BCUT2D eigenvalue weighted by Gasteiger charge is 2.44. The van der Waals surface area contributed by atoms with Crippen LogP contribution in [0.1, 0.15) is 25.3 Å². The van der Waals surface area contributed by atoms with Crippen molar-refractivity contribution >= 4 is 28.9 Å². The summed E-state index contributed by atoms with van der Waals surface area (Å²) in [5.41, 5.74) is 2.35. The molecule has 0 saturated carbocycles. The van der Waals surface area contributed by atoms with Gasteiger partial charge in [0.1, 0.15) is 18.3 Å². The number of anilines is 1. The number of hydrogen-bond acceptors (Lipinski definition) is 7. The largest absolute Gasteiger partial charge is 0.388 e. The van der Waals surface area contributed by atoms with Crippen molar-refractivity contribution in [3.05, 3.63) is 29.8 Å². The second-order valence-electron chi connectivity index (χ2n) is 7.52. The molecule has 1 heterocycles. The number of ether oxygens (including phenoxy) is 1. The smallest absolute Gasteiger partial charge is 0.161 e. The molecule has 5 atom stereocenters. The summed E-state index contributed by atoms with van der Waals surface area (Å²) in [5.74, 6) is 1.12. The highest BCUT2D eigenvalue weighted by Crippen LogP contribution is 2.24. The molecule has 0 aromatic heterocycles. The first-order valence-corrected chi connectivity index (χ1v) is 11.5. The van der Waals surface area contributed by atoms with E-state index in [1.165, 1.54) is 17.7 Å². The van der Waals surface area contributed by atoms with E-state index in [0.29, 0.717) is 18.3 Å². The summed E-state index contributed by atoms with van der Waals surface area (Å²) in [7, 11) is 1.50. The van der Waals surface area contributed by atoms with Crippen LogP contribution >= 0.6 is 23.2 Å². The fourth-order valence-corrected chi connectivity index (χ4v) is 4.04. The van der Waals surface area contributed by atoms with Crippen LogP contribution in [-0.2, 0) is 16.0 Å². The lowest BCUT2D eigenvalue weighted by molar-refractivity contribution is -0.322. The maximum Gasteiger partial charge on any atom is 0.161 e. The minimum absolute atomic E-state index is 0.533. The Morgan fingerprint density at radius 1 is 0.933 bits per heavy atom. The van der Waals surface area contributed by atoms with Gasteiger partial charge in [0.05, 0.1) is 13.2 Å². The van der Waals surface area contributed by atoms with E-state index in [0.717, 1.165) is 38.0 Å². The molecule has 1 fully saturated rings. The Morgan fingerprint density at radius 2 is 1.57 bits per heavy atom. The van der Waals surface area contributed by atoms with E-state index in [2.05, 4.69) is 29.2 Å². The average molecular weight is 465 g/mol. The van der Waals surface area contributed by atoms with Gasteiger partial charge in [-0.05, 0) is 43.9 Å². The maximum absolute atomic E-state index is 10.2. The molecule has 172 valence electrons. The lowest BCUT2D eigenvalue weighted by atomic mass is 9.99. The zero-order valence-electron chi connectivity index (χ0n) is 17.7. The Bertz CT molecular complexity index is 604. The molecule has 1 aromatic carbocycles. The molecule has 3 N–H and O–H groups in total. The van der Waals surface area contributed by atoms with Crippen molar-refractivity contribution in [2.45, 2.75) is 56.8 Å². The molecule has 0 aliphatic carbocycles. The van der Waals surface area contributed by atoms with Gasteiger partial charge in [-0.3, -0.25) is 4.84 Å². The van der Waals surface area contributed by atoms with Crippen LogP contribution in [-0.4, -0.2) is 89.5 Å². The number of aryl methyl sites for hydroxylation is 1. The molecule has 0 radical (unpaired) electrons. The Labute approximate surface area is 189 Å². The van der Waals surface area contributed by atoms with E-state index in [4.69, 9.17) is 32.8 Å². The minimum Gasteiger partial charge on any atom is -0.388 e. The van der Waals surface area contributed by atoms with Gasteiger partial charge in [-0.2, -0.15) is 5.06 Å². The van der Waals surface area contributed by atoms with E-state index in [9.17, 15) is 15.3 Å². The molecule has 2 rings (SSSR count). The average Bonchev–Trinajstić information content (AvgIpc) is 2.75. The van der Waals surface area contributed by atoms with Gasteiger partial charge in [-0.1, -0.05) is 12.1 Å². The summed E-state index contributed by atoms with van der Waals surface area (Å²) < 4.78 is 5.64. The molecule has 1 aromatic rings. The third kappa shape index (κ3) is 6.93. The lowest BCUT2D eigenvalue weighted by Gasteiger charge is -2.43. The van der Waals surface area contributed by atoms with Gasteiger partial charge in [0.25, 0.3) is 0 Å². The van der Waals surface area contributed by atoms with Crippen molar-refractivity contribution < 1.29 is 24.9 Å². The normalized spacial score (nSPS) is 26.9. The van der Waals surface area contributed by atoms with Gasteiger partial charge in [-0.25, -0.2) is 0 Å².